The molecule has 0 saturated heterocycles. The zero-order valence-corrected chi connectivity index (χ0v) is 11.2. The van der Waals surface area contributed by atoms with Crippen molar-refractivity contribution in [2.75, 3.05) is 13.7 Å². The van der Waals surface area contributed by atoms with E-state index in [0.29, 0.717) is 5.69 Å². The fraction of sp³-hybridized carbons (Fsp3) is 0.308. The summed E-state index contributed by atoms with van der Waals surface area (Å²) in [5.74, 6) is 0. The minimum absolute atomic E-state index is 0.674. The second kappa shape index (κ2) is 5.35. The Kier molecular flexibility index (Phi) is 3.82. The lowest BCUT2D eigenvalue weighted by Gasteiger charge is -2.04. The highest BCUT2D eigenvalue weighted by atomic mass is 79.9. The van der Waals surface area contributed by atoms with Gasteiger partial charge in [-0.2, -0.15) is 0 Å². The summed E-state index contributed by atoms with van der Waals surface area (Å²) in [6.07, 6.45) is 3.05. The van der Waals surface area contributed by atoms with E-state index >= 15 is 0 Å². The normalized spacial score (nSPS) is 10.6. The zero-order chi connectivity index (χ0) is 12.3. The molecule has 0 radical (unpaired) electrons. The van der Waals surface area contributed by atoms with Crippen LogP contribution in [-0.2, 0) is 11.3 Å². The Morgan fingerprint density at radius 2 is 2.29 bits per heavy atom. The van der Waals surface area contributed by atoms with Crippen molar-refractivity contribution >= 4 is 32.5 Å². The molecule has 2 rings (SSSR count). The summed E-state index contributed by atoms with van der Waals surface area (Å²) >= 11 is 3.54. The first-order valence-corrected chi connectivity index (χ1v) is 6.20. The third kappa shape index (κ3) is 2.51. The van der Waals surface area contributed by atoms with Crippen LogP contribution in [0.1, 0.15) is 6.42 Å². The molecule has 1 aromatic heterocycles. The minimum atomic E-state index is 0.674. The van der Waals surface area contributed by atoms with Gasteiger partial charge in [0.2, 0.25) is 0 Å². The number of aryl methyl sites for hydroxylation is 1. The first-order chi connectivity index (χ1) is 8.26. The maximum atomic E-state index is 7.02. The molecule has 0 aliphatic rings. The van der Waals surface area contributed by atoms with E-state index in [1.807, 2.05) is 18.2 Å². The molecular weight excluding hydrogens is 280 g/mol. The van der Waals surface area contributed by atoms with Crippen molar-refractivity contribution in [2.45, 2.75) is 13.0 Å². The number of nitrogens with zero attached hydrogens (tertiary/aromatic N) is 2. The largest absolute Gasteiger partial charge is 0.385 e. The topological polar surface area (TPSA) is 18.5 Å². The summed E-state index contributed by atoms with van der Waals surface area (Å²) in [5, 5.41) is 1.09. The molecule has 0 spiro atoms. The summed E-state index contributed by atoms with van der Waals surface area (Å²) in [7, 11) is 1.71. The predicted molar refractivity (Wildman–Crippen MR) is 72.4 cm³/mol. The molecule has 0 bridgehead atoms. The Morgan fingerprint density at radius 1 is 1.47 bits per heavy atom. The third-order valence-electron chi connectivity index (χ3n) is 2.69. The molecule has 0 saturated carbocycles. The molecule has 88 valence electrons. The van der Waals surface area contributed by atoms with Crippen LogP contribution in [0.2, 0.25) is 0 Å². The van der Waals surface area contributed by atoms with Gasteiger partial charge in [0.1, 0.15) is 0 Å². The number of benzene rings is 1. The van der Waals surface area contributed by atoms with Crippen LogP contribution < -0.4 is 0 Å². The number of aromatic nitrogens is 1. The molecule has 1 heterocycles. The SMILES string of the molecule is [C-]#[N+]c1ccc2c(c1)c(Br)cn2CCCOC. The molecule has 4 heteroatoms. The van der Waals surface area contributed by atoms with Crippen LogP contribution in [0.5, 0.6) is 0 Å². The smallest absolute Gasteiger partial charge is 0.188 e. The molecule has 17 heavy (non-hydrogen) atoms. The van der Waals surface area contributed by atoms with Crippen LogP contribution in [-0.4, -0.2) is 18.3 Å². The van der Waals surface area contributed by atoms with Gasteiger partial charge in [-0.05, 0) is 34.5 Å². The summed E-state index contributed by atoms with van der Waals surface area (Å²) in [6.45, 7) is 8.70. The van der Waals surface area contributed by atoms with Gasteiger partial charge in [-0.3, -0.25) is 0 Å². The highest BCUT2D eigenvalue weighted by Gasteiger charge is 2.06. The lowest BCUT2D eigenvalue weighted by atomic mass is 10.2. The molecule has 0 N–H and O–H groups in total. The van der Waals surface area contributed by atoms with Crippen molar-refractivity contribution in [2.24, 2.45) is 0 Å². The van der Waals surface area contributed by atoms with Crippen molar-refractivity contribution in [3.63, 3.8) is 0 Å². The van der Waals surface area contributed by atoms with Gasteiger partial charge in [-0.1, -0.05) is 6.07 Å². The van der Waals surface area contributed by atoms with Crippen molar-refractivity contribution < 1.29 is 4.74 Å². The number of halogens is 1. The summed E-state index contributed by atoms with van der Waals surface area (Å²) in [4.78, 5) is 3.45. The van der Waals surface area contributed by atoms with Crippen LogP contribution in [0.4, 0.5) is 5.69 Å². The van der Waals surface area contributed by atoms with Crippen LogP contribution in [0.3, 0.4) is 0 Å². The zero-order valence-electron chi connectivity index (χ0n) is 9.61. The molecule has 2 aromatic rings. The fourth-order valence-corrected chi connectivity index (χ4v) is 2.44. The average molecular weight is 293 g/mol. The predicted octanol–water partition coefficient (Wildman–Crippen LogP) is 3.99. The summed E-state index contributed by atoms with van der Waals surface area (Å²) in [5.41, 5.74) is 1.83. The Balaban J connectivity index is 2.35. The molecule has 0 fully saturated rings. The van der Waals surface area contributed by atoms with Gasteiger partial charge >= 0.3 is 0 Å². The Morgan fingerprint density at radius 3 is 3.00 bits per heavy atom. The van der Waals surface area contributed by atoms with Crippen LogP contribution in [0.15, 0.2) is 28.9 Å². The van der Waals surface area contributed by atoms with Crippen LogP contribution in [0.25, 0.3) is 15.7 Å². The summed E-state index contributed by atoms with van der Waals surface area (Å²) < 4.78 is 8.28. The maximum Gasteiger partial charge on any atom is 0.188 e. The molecular formula is C13H13BrN2O. The van der Waals surface area contributed by atoms with E-state index in [-0.39, 0.29) is 0 Å². The Hall–Kier alpha value is -1.31. The number of rotatable bonds is 4. The van der Waals surface area contributed by atoms with Gasteiger partial charge in [0.25, 0.3) is 0 Å². The maximum absolute atomic E-state index is 7.02. The van der Waals surface area contributed by atoms with Gasteiger partial charge in [0.15, 0.2) is 5.69 Å². The van der Waals surface area contributed by atoms with Crippen molar-refractivity contribution in [1.82, 2.24) is 4.57 Å². The van der Waals surface area contributed by atoms with Gasteiger partial charge in [-0.15, -0.1) is 0 Å². The number of hydrogen-bond acceptors (Lipinski definition) is 1. The monoisotopic (exact) mass is 292 g/mol. The molecule has 0 amide bonds. The molecule has 0 aliphatic carbocycles. The van der Waals surface area contributed by atoms with Crippen molar-refractivity contribution in [3.05, 3.63) is 40.3 Å². The quantitative estimate of drug-likeness (QED) is 0.616. The molecule has 0 aliphatic heterocycles. The van der Waals surface area contributed by atoms with Crippen LogP contribution >= 0.6 is 15.9 Å². The van der Waals surface area contributed by atoms with E-state index < -0.39 is 0 Å². The molecule has 0 atom stereocenters. The lowest BCUT2D eigenvalue weighted by Crippen LogP contribution is -1.99. The Labute approximate surface area is 109 Å². The molecule has 1 aromatic carbocycles. The lowest BCUT2D eigenvalue weighted by molar-refractivity contribution is 0.190. The van der Waals surface area contributed by atoms with E-state index in [9.17, 15) is 0 Å². The number of hydrogen-bond donors (Lipinski definition) is 0. The summed E-state index contributed by atoms with van der Waals surface area (Å²) in [6, 6.07) is 5.77. The van der Waals surface area contributed by atoms with Gasteiger partial charge < -0.3 is 9.30 Å². The van der Waals surface area contributed by atoms with Gasteiger partial charge in [0.05, 0.1) is 6.57 Å². The second-order valence-corrected chi connectivity index (χ2v) is 4.68. The highest BCUT2D eigenvalue weighted by molar-refractivity contribution is 9.10. The van der Waals surface area contributed by atoms with E-state index in [1.54, 1.807) is 7.11 Å². The van der Waals surface area contributed by atoms with E-state index in [0.717, 1.165) is 34.9 Å². The van der Waals surface area contributed by atoms with Crippen LogP contribution in [0, 0.1) is 6.57 Å². The fourth-order valence-electron chi connectivity index (χ4n) is 1.88. The highest BCUT2D eigenvalue weighted by Crippen LogP contribution is 2.29. The average Bonchev–Trinajstić information content (AvgIpc) is 2.66. The minimum Gasteiger partial charge on any atom is -0.385 e. The number of ether oxygens (including phenoxy) is 1. The van der Waals surface area contributed by atoms with Crippen molar-refractivity contribution in [1.29, 1.82) is 0 Å². The number of methoxy groups -OCH3 is 1. The first kappa shape index (κ1) is 12.2. The molecule has 0 unspecified atom stereocenters. The second-order valence-electron chi connectivity index (χ2n) is 3.83. The number of fused-ring (bicyclic) bond motifs is 1. The van der Waals surface area contributed by atoms with Crippen molar-refractivity contribution in [3.8, 4) is 0 Å². The standard InChI is InChI=1S/C13H13BrN2O/c1-15-10-4-5-13-11(8-10)12(14)9-16(13)6-3-7-17-2/h4-5,8-9H,3,6-7H2,2H3. The first-order valence-electron chi connectivity index (χ1n) is 5.41. The van der Waals surface area contributed by atoms with E-state index in [2.05, 4.69) is 31.5 Å². The van der Waals surface area contributed by atoms with Gasteiger partial charge in [0, 0.05) is 41.8 Å². The molecule has 3 nitrogen and oxygen atoms in total. The van der Waals surface area contributed by atoms with Gasteiger partial charge in [-0.25, -0.2) is 4.85 Å². The third-order valence-corrected chi connectivity index (χ3v) is 3.32. The Bertz CT molecular complexity index is 569. The van der Waals surface area contributed by atoms with E-state index in [4.69, 9.17) is 11.3 Å². The van der Waals surface area contributed by atoms with E-state index in [1.165, 1.54) is 0 Å².